The lowest BCUT2D eigenvalue weighted by molar-refractivity contribution is 0.376. The van der Waals surface area contributed by atoms with Gasteiger partial charge >= 0.3 is 0 Å². The van der Waals surface area contributed by atoms with Crippen molar-refractivity contribution >= 4 is 41.0 Å². The normalized spacial score (nSPS) is 17.9. The molecule has 2 aromatic carbocycles. The topological polar surface area (TPSA) is 65.8 Å². The Morgan fingerprint density at radius 1 is 1.03 bits per heavy atom. The third-order valence-corrected chi connectivity index (χ3v) is 6.94. The van der Waals surface area contributed by atoms with Crippen molar-refractivity contribution in [3.63, 3.8) is 0 Å². The summed E-state index contributed by atoms with van der Waals surface area (Å²) in [7, 11) is 0. The molecule has 33 heavy (non-hydrogen) atoms. The van der Waals surface area contributed by atoms with Crippen molar-refractivity contribution in [1.29, 1.82) is 0 Å². The van der Waals surface area contributed by atoms with Gasteiger partial charge in [-0.25, -0.2) is 9.98 Å². The molecule has 5 rings (SSSR count). The van der Waals surface area contributed by atoms with E-state index in [1.807, 2.05) is 43.5 Å². The van der Waals surface area contributed by atoms with Crippen molar-refractivity contribution < 1.29 is 0 Å². The van der Waals surface area contributed by atoms with Gasteiger partial charge in [0.05, 0.1) is 0 Å². The summed E-state index contributed by atoms with van der Waals surface area (Å²) in [5, 5.41) is 4.06. The van der Waals surface area contributed by atoms with Gasteiger partial charge in [0.15, 0.2) is 6.17 Å². The molecule has 2 aliphatic rings. The van der Waals surface area contributed by atoms with Gasteiger partial charge in [-0.15, -0.1) is 11.8 Å². The molecule has 1 saturated heterocycles. The largest absolute Gasteiger partial charge is 0.368 e. The highest BCUT2D eigenvalue weighted by atomic mass is 35.5. The Hall–Kier alpha value is -2.97. The monoisotopic (exact) mass is 480 g/mol. The first-order valence-electron chi connectivity index (χ1n) is 10.9. The number of anilines is 2. The highest BCUT2D eigenvalue weighted by Gasteiger charge is 2.29. The summed E-state index contributed by atoms with van der Waals surface area (Å²) in [4.78, 5) is 28.2. The molecule has 3 aromatic rings. The minimum Gasteiger partial charge on any atom is -0.368 e. The summed E-state index contributed by atoms with van der Waals surface area (Å²) in [6.45, 7) is 5.13. The van der Waals surface area contributed by atoms with Gasteiger partial charge in [0, 0.05) is 53.5 Å². The fraction of sp³-hybridized carbons (Fsp3) is 0.292. The van der Waals surface area contributed by atoms with E-state index in [1.54, 1.807) is 22.4 Å². The van der Waals surface area contributed by atoms with Crippen LogP contribution in [0.5, 0.6) is 0 Å². The Kier molecular flexibility index (Phi) is 6.03. The molecule has 9 heteroatoms. The van der Waals surface area contributed by atoms with Gasteiger partial charge in [0.2, 0.25) is 11.9 Å². The molecular weight excluding hydrogens is 456 g/mol. The highest BCUT2D eigenvalue weighted by Crippen LogP contribution is 2.28. The van der Waals surface area contributed by atoms with Crippen LogP contribution < -0.4 is 15.8 Å². The number of halogens is 1. The molecule has 170 valence electrons. The molecule has 1 aromatic heterocycles. The van der Waals surface area contributed by atoms with Gasteiger partial charge < -0.3 is 9.80 Å². The van der Waals surface area contributed by atoms with Crippen LogP contribution in [-0.4, -0.2) is 52.8 Å². The van der Waals surface area contributed by atoms with Crippen LogP contribution in [0.25, 0.3) is 0 Å². The predicted octanol–water partition coefficient (Wildman–Crippen LogP) is 4.08. The summed E-state index contributed by atoms with van der Waals surface area (Å²) in [5.41, 5.74) is 2.65. The molecule has 7 nitrogen and oxygen atoms in total. The van der Waals surface area contributed by atoms with Crippen molar-refractivity contribution in [1.82, 2.24) is 14.5 Å². The van der Waals surface area contributed by atoms with Crippen molar-refractivity contribution in [3.8, 4) is 0 Å². The molecule has 1 fully saturated rings. The first kappa shape index (κ1) is 21.9. The van der Waals surface area contributed by atoms with E-state index in [1.165, 1.54) is 4.90 Å². The number of aliphatic imine (C=N–C) groups is 1. The molecule has 2 aliphatic heterocycles. The highest BCUT2D eigenvalue weighted by molar-refractivity contribution is 7.98. The maximum absolute atomic E-state index is 12.9. The van der Waals surface area contributed by atoms with Crippen LogP contribution in [0.3, 0.4) is 0 Å². The Morgan fingerprint density at radius 2 is 1.76 bits per heavy atom. The zero-order valence-corrected chi connectivity index (χ0v) is 20.1. The number of aryl methyl sites for hydroxylation is 1. The third-order valence-electron chi connectivity index (χ3n) is 5.96. The second-order valence-electron chi connectivity index (χ2n) is 8.11. The summed E-state index contributed by atoms with van der Waals surface area (Å²) < 4.78 is 1.63. The number of nitrogens with zero attached hydrogens (tertiary/aromatic N) is 5. The van der Waals surface area contributed by atoms with Crippen LogP contribution >= 0.6 is 23.4 Å². The maximum atomic E-state index is 12.9. The van der Waals surface area contributed by atoms with E-state index in [4.69, 9.17) is 16.6 Å². The van der Waals surface area contributed by atoms with Crippen LogP contribution in [0.15, 0.2) is 69.3 Å². The Labute approximate surface area is 202 Å². The lowest BCUT2D eigenvalue weighted by Gasteiger charge is -2.39. The van der Waals surface area contributed by atoms with Crippen LogP contribution in [0.2, 0.25) is 5.02 Å². The first-order valence-corrected chi connectivity index (χ1v) is 12.5. The standard InChI is InChI=1S/C24H25ClN6OS/c1-16-14-21(32)31-22(17-6-8-20(33-2)9-7-17)27-23(28-24(31)26-16)30-12-10-29(11-13-30)19-5-3-4-18(25)15-19/h3-9,14-15,22H,10-13H2,1-2H3,(H,26,27,28). The van der Waals surface area contributed by atoms with E-state index in [9.17, 15) is 4.79 Å². The van der Waals surface area contributed by atoms with E-state index in [2.05, 4.69) is 38.3 Å². The number of piperazine rings is 1. The number of guanidine groups is 1. The fourth-order valence-corrected chi connectivity index (χ4v) is 4.84. The van der Waals surface area contributed by atoms with Crippen LogP contribution in [0, 0.1) is 6.92 Å². The lowest BCUT2D eigenvalue weighted by atomic mass is 10.1. The van der Waals surface area contributed by atoms with Gasteiger partial charge in [-0.1, -0.05) is 29.8 Å². The van der Waals surface area contributed by atoms with E-state index < -0.39 is 6.17 Å². The number of fused-ring (bicyclic) bond motifs is 1. The summed E-state index contributed by atoms with van der Waals surface area (Å²) >= 11 is 7.87. The first-order chi connectivity index (χ1) is 16.0. The number of hydrogen-bond donors (Lipinski definition) is 1. The zero-order valence-electron chi connectivity index (χ0n) is 18.5. The van der Waals surface area contributed by atoms with Crippen LogP contribution in [-0.2, 0) is 0 Å². The number of nitrogens with one attached hydrogen (secondary N) is 1. The SMILES string of the molecule is CSc1ccc(C2N=C(N3CCN(c4cccc(Cl)c4)CC3)Nc3nc(C)cc(=O)n32)cc1. The average Bonchev–Trinajstić information content (AvgIpc) is 2.83. The number of aromatic nitrogens is 2. The average molecular weight is 481 g/mol. The summed E-state index contributed by atoms with van der Waals surface area (Å²) in [6.07, 6.45) is 1.59. The van der Waals surface area contributed by atoms with Crippen molar-refractivity contribution in [2.45, 2.75) is 18.0 Å². The van der Waals surface area contributed by atoms with E-state index in [0.717, 1.165) is 48.4 Å². The van der Waals surface area contributed by atoms with Crippen LogP contribution in [0.4, 0.5) is 11.6 Å². The molecule has 0 aliphatic carbocycles. The van der Waals surface area contributed by atoms with Crippen molar-refractivity contribution in [2.75, 3.05) is 42.7 Å². The Bertz CT molecular complexity index is 1250. The van der Waals surface area contributed by atoms with E-state index in [0.29, 0.717) is 11.6 Å². The summed E-state index contributed by atoms with van der Waals surface area (Å²) in [6, 6.07) is 17.7. The molecule has 1 unspecified atom stereocenters. The van der Waals surface area contributed by atoms with Crippen molar-refractivity contribution in [2.24, 2.45) is 4.99 Å². The van der Waals surface area contributed by atoms with Gasteiger partial charge in [-0.3, -0.25) is 14.7 Å². The second kappa shape index (κ2) is 9.11. The Morgan fingerprint density at radius 3 is 2.45 bits per heavy atom. The molecule has 0 bridgehead atoms. The predicted molar refractivity (Wildman–Crippen MR) is 136 cm³/mol. The molecule has 0 spiro atoms. The van der Waals surface area contributed by atoms with Gasteiger partial charge in [0.25, 0.3) is 5.56 Å². The lowest BCUT2D eigenvalue weighted by Crippen LogP contribution is -2.52. The molecule has 3 heterocycles. The van der Waals surface area contributed by atoms with E-state index in [-0.39, 0.29) is 5.56 Å². The maximum Gasteiger partial charge on any atom is 0.257 e. The molecule has 1 N–H and O–H groups in total. The number of hydrogen-bond acceptors (Lipinski definition) is 7. The van der Waals surface area contributed by atoms with Crippen LogP contribution in [0.1, 0.15) is 17.4 Å². The molecule has 1 atom stereocenters. The quantitative estimate of drug-likeness (QED) is 0.570. The fourth-order valence-electron chi connectivity index (χ4n) is 4.25. The summed E-state index contributed by atoms with van der Waals surface area (Å²) in [5.74, 6) is 1.28. The minimum absolute atomic E-state index is 0.113. The molecule has 0 saturated carbocycles. The number of thioether (sulfide) groups is 1. The minimum atomic E-state index is -0.460. The van der Waals surface area contributed by atoms with Crippen molar-refractivity contribution in [3.05, 3.63) is 81.2 Å². The number of rotatable bonds is 3. The smallest absolute Gasteiger partial charge is 0.257 e. The molecule has 0 radical (unpaired) electrons. The van der Waals surface area contributed by atoms with Gasteiger partial charge in [-0.2, -0.15) is 0 Å². The van der Waals surface area contributed by atoms with Gasteiger partial charge in [-0.05, 0) is 49.1 Å². The molecular formula is C24H25ClN6OS. The molecule has 0 amide bonds. The van der Waals surface area contributed by atoms with E-state index >= 15 is 0 Å². The second-order valence-corrected chi connectivity index (χ2v) is 9.42. The van der Waals surface area contributed by atoms with Gasteiger partial charge in [0.1, 0.15) is 0 Å². The zero-order chi connectivity index (χ0) is 22.9. The number of benzene rings is 2. The Balaban J connectivity index is 1.44. The third kappa shape index (κ3) is 4.45.